The molecule has 0 saturated carbocycles. The minimum absolute atomic E-state index is 0.0958. The van der Waals surface area contributed by atoms with Crippen LogP contribution in [0.3, 0.4) is 0 Å². The highest BCUT2D eigenvalue weighted by Gasteiger charge is 2.26. The molecule has 0 spiro atoms. The van der Waals surface area contributed by atoms with E-state index in [9.17, 15) is 4.79 Å². The maximum absolute atomic E-state index is 12.2. The summed E-state index contributed by atoms with van der Waals surface area (Å²) in [4.78, 5) is 12.2. The number of benzene rings is 2. The highest BCUT2D eigenvalue weighted by Crippen LogP contribution is 2.32. The summed E-state index contributed by atoms with van der Waals surface area (Å²) in [5.41, 5.74) is 1.42. The van der Waals surface area contributed by atoms with Crippen LogP contribution in [0.5, 0.6) is 11.5 Å². The first-order valence-electron chi connectivity index (χ1n) is 5.96. The fourth-order valence-corrected chi connectivity index (χ4v) is 2.06. The Morgan fingerprint density at radius 2 is 1.79 bits per heavy atom. The van der Waals surface area contributed by atoms with E-state index in [-0.39, 0.29) is 5.78 Å². The van der Waals surface area contributed by atoms with Crippen LogP contribution >= 0.6 is 0 Å². The van der Waals surface area contributed by atoms with E-state index in [0.29, 0.717) is 22.8 Å². The topological polar surface area (TPSA) is 35.5 Å². The van der Waals surface area contributed by atoms with Crippen LogP contribution in [0.15, 0.2) is 54.3 Å². The third kappa shape index (κ3) is 1.99. The van der Waals surface area contributed by atoms with Crippen molar-refractivity contribution in [3.05, 3.63) is 65.4 Å². The molecule has 3 nitrogen and oxygen atoms in total. The molecule has 0 fully saturated rings. The SMILES string of the molecule is COc1ccccc1/C=C1/Oc2ccccc2C1=O. The van der Waals surface area contributed by atoms with Gasteiger partial charge in [-0.2, -0.15) is 0 Å². The molecule has 0 unspecified atom stereocenters. The van der Waals surface area contributed by atoms with Crippen molar-refractivity contribution in [1.82, 2.24) is 0 Å². The van der Waals surface area contributed by atoms with E-state index in [1.807, 2.05) is 36.4 Å². The summed E-state index contributed by atoms with van der Waals surface area (Å²) in [7, 11) is 1.60. The number of Topliss-reactive ketones (excluding diaryl/α,β-unsaturated/α-hetero) is 1. The largest absolute Gasteiger partial charge is 0.496 e. The standard InChI is InChI=1S/C16H12O3/c1-18-13-8-4-2-6-11(13)10-15-16(17)12-7-3-5-9-14(12)19-15/h2-10H,1H3/b15-10+. The van der Waals surface area contributed by atoms with Crippen LogP contribution in [0, 0.1) is 0 Å². The second-order valence-corrected chi connectivity index (χ2v) is 4.18. The first-order chi connectivity index (χ1) is 9.29. The van der Waals surface area contributed by atoms with Crippen molar-refractivity contribution in [1.29, 1.82) is 0 Å². The van der Waals surface area contributed by atoms with Gasteiger partial charge in [-0.25, -0.2) is 0 Å². The number of hydrogen-bond acceptors (Lipinski definition) is 3. The fraction of sp³-hybridized carbons (Fsp3) is 0.0625. The number of carbonyl (C=O) groups excluding carboxylic acids is 1. The Morgan fingerprint density at radius 3 is 2.58 bits per heavy atom. The van der Waals surface area contributed by atoms with E-state index in [4.69, 9.17) is 9.47 Å². The van der Waals surface area contributed by atoms with Crippen molar-refractivity contribution in [2.45, 2.75) is 0 Å². The number of rotatable bonds is 2. The van der Waals surface area contributed by atoms with Gasteiger partial charge in [0, 0.05) is 5.56 Å². The Kier molecular flexibility index (Phi) is 2.80. The molecule has 0 atom stereocenters. The van der Waals surface area contributed by atoms with Crippen molar-refractivity contribution in [2.75, 3.05) is 7.11 Å². The van der Waals surface area contributed by atoms with Crippen molar-refractivity contribution < 1.29 is 14.3 Å². The van der Waals surface area contributed by atoms with Crippen LogP contribution in [0.25, 0.3) is 6.08 Å². The molecule has 0 N–H and O–H groups in total. The predicted octanol–water partition coefficient (Wildman–Crippen LogP) is 3.31. The number of methoxy groups -OCH3 is 1. The molecule has 0 bridgehead atoms. The van der Waals surface area contributed by atoms with Crippen LogP contribution in [-0.2, 0) is 0 Å². The molecule has 3 rings (SSSR count). The predicted molar refractivity (Wildman–Crippen MR) is 72.4 cm³/mol. The summed E-state index contributed by atoms with van der Waals surface area (Å²) < 4.78 is 10.8. The van der Waals surface area contributed by atoms with Crippen LogP contribution in [0.2, 0.25) is 0 Å². The van der Waals surface area contributed by atoms with Crippen molar-refractivity contribution in [2.24, 2.45) is 0 Å². The smallest absolute Gasteiger partial charge is 0.231 e. The second kappa shape index (κ2) is 4.61. The number of fused-ring (bicyclic) bond motifs is 1. The van der Waals surface area contributed by atoms with Gasteiger partial charge in [-0.05, 0) is 24.3 Å². The molecule has 19 heavy (non-hydrogen) atoms. The average molecular weight is 252 g/mol. The van der Waals surface area contributed by atoms with Gasteiger partial charge in [-0.3, -0.25) is 4.79 Å². The van der Waals surface area contributed by atoms with Gasteiger partial charge in [-0.15, -0.1) is 0 Å². The molecule has 94 valence electrons. The monoisotopic (exact) mass is 252 g/mol. The Bertz CT molecular complexity index is 671. The molecule has 0 aliphatic carbocycles. The van der Waals surface area contributed by atoms with Gasteiger partial charge in [0.15, 0.2) is 5.76 Å². The lowest BCUT2D eigenvalue weighted by Crippen LogP contribution is -1.98. The van der Waals surface area contributed by atoms with Crippen LogP contribution in [-0.4, -0.2) is 12.9 Å². The van der Waals surface area contributed by atoms with Gasteiger partial charge < -0.3 is 9.47 Å². The number of ketones is 1. The summed E-state index contributed by atoms with van der Waals surface area (Å²) in [6.07, 6.45) is 1.71. The number of allylic oxidation sites excluding steroid dienone is 1. The number of ether oxygens (including phenoxy) is 2. The van der Waals surface area contributed by atoms with Gasteiger partial charge in [0.25, 0.3) is 0 Å². The van der Waals surface area contributed by atoms with E-state index in [1.165, 1.54) is 0 Å². The molecule has 1 heterocycles. The van der Waals surface area contributed by atoms with Crippen LogP contribution < -0.4 is 9.47 Å². The van der Waals surface area contributed by atoms with Gasteiger partial charge >= 0.3 is 0 Å². The van der Waals surface area contributed by atoms with Gasteiger partial charge in [0.1, 0.15) is 11.5 Å². The third-order valence-corrected chi connectivity index (χ3v) is 3.00. The normalized spacial score (nSPS) is 15.2. The molecule has 3 heteroatoms. The lowest BCUT2D eigenvalue weighted by Gasteiger charge is -2.04. The fourth-order valence-electron chi connectivity index (χ4n) is 2.06. The summed E-state index contributed by atoms with van der Waals surface area (Å²) in [5.74, 6) is 1.54. The van der Waals surface area contributed by atoms with Crippen molar-refractivity contribution in [3.63, 3.8) is 0 Å². The molecule has 1 aliphatic heterocycles. The van der Waals surface area contributed by atoms with E-state index in [0.717, 1.165) is 5.56 Å². The number of carbonyl (C=O) groups is 1. The van der Waals surface area contributed by atoms with Crippen LogP contribution in [0.4, 0.5) is 0 Å². The molecule has 0 saturated heterocycles. The number of para-hydroxylation sites is 2. The van der Waals surface area contributed by atoms with E-state index in [1.54, 1.807) is 25.3 Å². The lowest BCUT2D eigenvalue weighted by atomic mass is 10.1. The van der Waals surface area contributed by atoms with E-state index < -0.39 is 0 Å². The first-order valence-corrected chi connectivity index (χ1v) is 5.96. The van der Waals surface area contributed by atoms with Gasteiger partial charge in [0.2, 0.25) is 5.78 Å². The van der Waals surface area contributed by atoms with E-state index >= 15 is 0 Å². The molecule has 0 aromatic heterocycles. The Labute approximate surface area is 111 Å². The molecular formula is C16H12O3. The highest BCUT2D eigenvalue weighted by molar-refractivity contribution is 6.14. The molecule has 2 aromatic carbocycles. The minimum atomic E-state index is -0.0958. The molecule has 0 radical (unpaired) electrons. The zero-order valence-corrected chi connectivity index (χ0v) is 10.4. The van der Waals surface area contributed by atoms with E-state index in [2.05, 4.69) is 0 Å². The maximum atomic E-state index is 12.2. The van der Waals surface area contributed by atoms with Crippen molar-refractivity contribution >= 4 is 11.9 Å². The quantitative estimate of drug-likeness (QED) is 0.769. The highest BCUT2D eigenvalue weighted by atomic mass is 16.5. The Balaban J connectivity index is 2.01. The minimum Gasteiger partial charge on any atom is -0.496 e. The summed E-state index contributed by atoms with van der Waals surface area (Å²) in [5, 5.41) is 0. The molecular weight excluding hydrogens is 240 g/mol. The summed E-state index contributed by atoms with van der Waals surface area (Å²) >= 11 is 0. The first kappa shape index (κ1) is 11.5. The summed E-state index contributed by atoms with van der Waals surface area (Å²) in [6.45, 7) is 0. The Morgan fingerprint density at radius 1 is 1.05 bits per heavy atom. The maximum Gasteiger partial charge on any atom is 0.231 e. The van der Waals surface area contributed by atoms with Crippen LogP contribution in [0.1, 0.15) is 15.9 Å². The lowest BCUT2D eigenvalue weighted by molar-refractivity contribution is 0.101. The van der Waals surface area contributed by atoms with Gasteiger partial charge in [0.05, 0.1) is 12.7 Å². The second-order valence-electron chi connectivity index (χ2n) is 4.18. The zero-order chi connectivity index (χ0) is 13.2. The summed E-state index contributed by atoms with van der Waals surface area (Å²) in [6, 6.07) is 14.7. The van der Waals surface area contributed by atoms with Crippen molar-refractivity contribution in [3.8, 4) is 11.5 Å². The molecule has 1 aliphatic rings. The van der Waals surface area contributed by atoms with Gasteiger partial charge in [-0.1, -0.05) is 30.3 Å². The molecule has 0 amide bonds. The average Bonchev–Trinajstić information content (AvgIpc) is 2.77. The zero-order valence-electron chi connectivity index (χ0n) is 10.4. The Hall–Kier alpha value is -2.55. The number of hydrogen-bond donors (Lipinski definition) is 0. The molecule has 2 aromatic rings. The third-order valence-electron chi connectivity index (χ3n) is 3.00.